The first-order valence-corrected chi connectivity index (χ1v) is 10.5. The number of hydrogen-bond donors (Lipinski definition) is 2. The maximum Gasteiger partial charge on any atom is 0.331 e. The Balaban J connectivity index is 1.59. The summed E-state index contributed by atoms with van der Waals surface area (Å²) in [6.45, 7) is 3.83. The van der Waals surface area contributed by atoms with E-state index >= 15 is 0 Å². The van der Waals surface area contributed by atoms with Crippen molar-refractivity contribution in [2.45, 2.75) is 26.4 Å². The van der Waals surface area contributed by atoms with Crippen LogP contribution < -0.4 is 9.47 Å². The van der Waals surface area contributed by atoms with Crippen molar-refractivity contribution in [1.29, 1.82) is 0 Å². The van der Waals surface area contributed by atoms with Gasteiger partial charge in [-0.15, -0.1) is 0 Å². The van der Waals surface area contributed by atoms with Gasteiger partial charge < -0.3 is 24.4 Å². The predicted octanol–water partition coefficient (Wildman–Crippen LogP) is 4.11. The summed E-state index contributed by atoms with van der Waals surface area (Å²) in [7, 11) is 0. The molecule has 2 aliphatic rings. The molecule has 0 saturated carbocycles. The van der Waals surface area contributed by atoms with E-state index in [0.29, 0.717) is 17.1 Å². The lowest BCUT2D eigenvalue weighted by atomic mass is 9.85. The molecule has 1 aliphatic carbocycles. The van der Waals surface area contributed by atoms with E-state index in [1.165, 1.54) is 12.2 Å². The number of carbonyl (C=O) groups excluding carboxylic acids is 3. The molecule has 174 valence electrons. The third-order valence-corrected chi connectivity index (χ3v) is 5.34. The first-order chi connectivity index (χ1) is 16.2. The van der Waals surface area contributed by atoms with Gasteiger partial charge in [0.05, 0.1) is 11.1 Å². The van der Waals surface area contributed by atoms with Crippen LogP contribution in [-0.4, -0.2) is 40.6 Å². The fourth-order valence-electron chi connectivity index (χ4n) is 3.66. The third kappa shape index (κ3) is 4.56. The van der Waals surface area contributed by atoms with Gasteiger partial charge in [0.15, 0.2) is 23.1 Å². The van der Waals surface area contributed by atoms with E-state index in [2.05, 4.69) is 0 Å². The molecule has 0 spiro atoms. The zero-order valence-electron chi connectivity index (χ0n) is 18.5. The molecule has 8 heteroatoms. The summed E-state index contributed by atoms with van der Waals surface area (Å²) in [4.78, 5) is 38.4. The van der Waals surface area contributed by atoms with Gasteiger partial charge in [-0.2, -0.15) is 0 Å². The van der Waals surface area contributed by atoms with Gasteiger partial charge in [0.25, 0.3) is 0 Å². The monoisotopic (exact) mass is 462 g/mol. The molecule has 1 heterocycles. The van der Waals surface area contributed by atoms with Crippen LogP contribution in [0.2, 0.25) is 0 Å². The molecule has 2 aromatic rings. The maximum atomic E-state index is 13.1. The number of carbonyl (C=O) groups is 3. The second kappa shape index (κ2) is 9.27. The number of ketones is 2. The van der Waals surface area contributed by atoms with Gasteiger partial charge in [-0.1, -0.05) is 17.7 Å². The van der Waals surface area contributed by atoms with Crippen LogP contribution in [0.15, 0.2) is 59.7 Å². The smallest absolute Gasteiger partial charge is 0.331 e. The number of ether oxygens (including phenoxy) is 3. The Labute approximate surface area is 195 Å². The second-order valence-electron chi connectivity index (χ2n) is 8.04. The van der Waals surface area contributed by atoms with Crippen molar-refractivity contribution in [3.05, 3.63) is 76.4 Å². The molecular formula is C26H22O8. The topological polar surface area (TPSA) is 119 Å². The van der Waals surface area contributed by atoms with Crippen molar-refractivity contribution in [3.63, 3.8) is 0 Å². The molecule has 2 N–H and O–H groups in total. The number of fused-ring (bicyclic) bond motifs is 2. The second-order valence-corrected chi connectivity index (χ2v) is 8.04. The van der Waals surface area contributed by atoms with E-state index < -0.39 is 35.1 Å². The van der Waals surface area contributed by atoms with Gasteiger partial charge >= 0.3 is 5.97 Å². The van der Waals surface area contributed by atoms with Gasteiger partial charge in [-0.05, 0) is 55.8 Å². The molecule has 0 saturated heterocycles. The average Bonchev–Trinajstić information content (AvgIpc) is 3.27. The summed E-state index contributed by atoms with van der Waals surface area (Å²) in [5.41, 5.74) is 0.939. The average molecular weight is 462 g/mol. The zero-order valence-corrected chi connectivity index (χ0v) is 18.5. The largest absolute Gasteiger partial charge is 0.507 e. The van der Waals surface area contributed by atoms with E-state index in [-0.39, 0.29) is 29.9 Å². The van der Waals surface area contributed by atoms with Crippen LogP contribution in [-0.2, 0) is 9.53 Å². The number of hydrogen-bond acceptors (Lipinski definition) is 8. The maximum absolute atomic E-state index is 13.1. The summed E-state index contributed by atoms with van der Waals surface area (Å²) in [6.07, 6.45) is 4.63. The van der Waals surface area contributed by atoms with Crippen molar-refractivity contribution in [2.75, 3.05) is 6.79 Å². The Bertz CT molecular complexity index is 1280. The molecule has 1 atom stereocenters. The van der Waals surface area contributed by atoms with Gasteiger partial charge in [-0.25, -0.2) is 4.79 Å². The van der Waals surface area contributed by atoms with E-state index in [1.807, 2.05) is 13.8 Å². The molecule has 2 aromatic carbocycles. The van der Waals surface area contributed by atoms with Crippen molar-refractivity contribution in [3.8, 4) is 23.0 Å². The molecule has 0 aromatic heterocycles. The van der Waals surface area contributed by atoms with Crippen LogP contribution >= 0.6 is 0 Å². The molecule has 34 heavy (non-hydrogen) atoms. The highest BCUT2D eigenvalue weighted by atomic mass is 16.7. The Morgan fingerprint density at radius 2 is 1.76 bits per heavy atom. The van der Waals surface area contributed by atoms with Crippen LogP contribution in [0, 0.1) is 0 Å². The fraction of sp³-hybridized carbons (Fsp3) is 0.192. The minimum Gasteiger partial charge on any atom is -0.507 e. The molecular weight excluding hydrogens is 440 g/mol. The number of benzene rings is 2. The minimum atomic E-state index is -1.07. The molecule has 1 aliphatic heterocycles. The van der Waals surface area contributed by atoms with Crippen LogP contribution in [0.3, 0.4) is 0 Å². The number of phenols is 2. The Hall–Kier alpha value is -4.33. The lowest BCUT2D eigenvalue weighted by Crippen LogP contribution is -2.28. The molecule has 4 rings (SSSR count). The summed E-state index contributed by atoms with van der Waals surface area (Å²) in [6, 6.07) is 7.45. The Morgan fingerprint density at radius 1 is 1.06 bits per heavy atom. The molecule has 0 amide bonds. The molecule has 1 unspecified atom stereocenters. The molecule has 0 fully saturated rings. The number of esters is 1. The minimum absolute atomic E-state index is 0.0827. The number of rotatable bonds is 6. The Kier molecular flexibility index (Phi) is 6.23. The van der Waals surface area contributed by atoms with E-state index in [0.717, 1.165) is 23.8 Å². The van der Waals surface area contributed by atoms with Crippen LogP contribution in [0.1, 0.15) is 46.5 Å². The first kappa shape index (κ1) is 22.8. The molecule has 8 nitrogen and oxygen atoms in total. The molecule has 0 bridgehead atoms. The zero-order chi connectivity index (χ0) is 24.4. The third-order valence-electron chi connectivity index (χ3n) is 5.34. The van der Waals surface area contributed by atoms with Gasteiger partial charge in [0, 0.05) is 18.1 Å². The predicted molar refractivity (Wildman–Crippen MR) is 122 cm³/mol. The highest BCUT2D eigenvalue weighted by Crippen LogP contribution is 2.36. The van der Waals surface area contributed by atoms with Gasteiger partial charge in [-0.3, -0.25) is 9.59 Å². The Morgan fingerprint density at radius 3 is 2.50 bits per heavy atom. The van der Waals surface area contributed by atoms with Crippen LogP contribution in [0.4, 0.5) is 0 Å². The van der Waals surface area contributed by atoms with Crippen LogP contribution in [0.5, 0.6) is 23.0 Å². The summed E-state index contributed by atoms with van der Waals surface area (Å²) in [5.74, 6) is -1.75. The van der Waals surface area contributed by atoms with Gasteiger partial charge in [0.2, 0.25) is 6.79 Å². The fourth-order valence-corrected chi connectivity index (χ4v) is 3.66. The first-order valence-electron chi connectivity index (χ1n) is 10.5. The number of Topliss-reactive ketones (excluding diaryl/α,β-unsaturated/α-hetero) is 1. The lowest BCUT2D eigenvalue weighted by molar-refractivity contribution is -0.140. The van der Waals surface area contributed by atoms with E-state index in [4.69, 9.17) is 14.2 Å². The quantitative estimate of drug-likeness (QED) is 0.285. The summed E-state index contributed by atoms with van der Waals surface area (Å²) in [5, 5.41) is 20.2. The standard InChI is InChI=1S/C26H22O8/c1-14(2)3-8-20(16-12-19(29)24-17(27)6-7-18(28)25(24)26(16)31)34-23(30)10-5-15-4-9-21-22(11-15)33-13-32-21/h3-7,9-12,20,27-28H,8,13H2,1-2H3/b10-5+. The van der Waals surface area contributed by atoms with Gasteiger partial charge in [0.1, 0.15) is 17.6 Å². The van der Waals surface area contributed by atoms with Crippen molar-refractivity contribution >= 4 is 23.6 Å². The van der Waals surface area contributed by atoms with Crippen molar-refractivity contribution < 1.29 is 38.8 Å². The molecule has 0 radical (unpaired) electrons. The van der Waals surface area contributed by atoms with E-state index in [1.54, 1.807) is 24.3 Å². The lowest BCUT2D eigenvalue weighted by Gasteiger charge is -2.23. The van der Waals surface area contributed by atoms with Crippen molar-refractivity contribution in [1.82, 2.24) is 0 Å². The van der Waals surface area contributed by atoms with Crippen LogP contribution in [0.25, 0.3) is 6.08 Å². The highest BCUT2D eigenvalue weighted by molar-refractivity contribution is 6.27. The number of aromatic hydroxyl groups is 2. The number of allylic oxidation sites excluding steroid dienone is 2. The SMILES string of the molecule is CC(C)=CCC(OC(=O)/C=C/c1ccc2c(c1)OCO2)C1=CC(=O)c2c(O)ccc(O)c2C1=O. The number of phenolic OH excluding ortho intramolecular Hbond substituents is 2. The summed E-state index contributed by atoms with van der Waals surface area (Å²) < 4.78 is 16.1. The van der Waals surface area contributed by atoms with Crippen molar-refractivity contribution in [2.24, 2.45) is 0 Å². The summed E-state index contributed by atoms with van der Waals surface area (Å²) >= 11 is 0. The van der Waals surface area contributed by atoms with E-state index in [9.17, 15) is 24.6 Å². The normalized spacial score (nSPS) is 15.1. The highest BCUT2D eigenvalue weighted by Gasteiger charge is 2.35.